The lowest BCUT2D eigenvalue weighted by Crippen LogP contribution is -3.12. The standard InChI is InChI=1S/C12H15ClN4O2S/c1-15-4-6-16(7-5-15)12(20)14-11-8-9(17(18)19)2-3-10(11)13/h2-3,8H,4-7H2,1H3,(H,14,20)/p+1. The Morgan fingerprint density at radius 1 is 1.50 bits per heavy atom. The molecule has 0 atom stereocenters. The Hall–Kier alpha value is -1.44. The highest BCUT2D eigenvalue weighted by Gasteiger charge is 2.20. The second-order valence-electron chi connectivity index (χ2n) is 4.80. The lowest BCUT2D eigenvalue weighted by molar-refractivity contribution is -0.883. The number of nitrogens with one attached hydrogen (secondary N) is 2. The van der Waals surface area contributed by atoms with Crippen molar-refractivity contribution in [1.82, 2.24) is 4.90 Å². The van der Waals surface area contributed by atoms with Gasteiger partial charge in [0.15, 0.2) is 5.11 Å². The fraction of sp³-hybridized carbons (Fsp3) is 0.417. The summed E-state index contributed by atoms with van der Waals surface area (Å²) in [4.78, 5) is 13.8. The first kappa shape index (κ1) is 15.0. The van der Waals surface area contributed by atoms with Crippen molar-refractivity contribution in [1.29, 1.82) is 0 Å². The second kappa shape index (κ2) is 6.34. The molecule has 2 N–H and O–H groups in total. The summed E-state index contributed by atoms with van der Waals surface area (Å²) < 4.78 is 0. The van der Waals surface area contributed by atoms with E-state index in [4.69, 9.17) is 23.8 Å². The molecule has 2 rings (SSSR count). The average Bonchev–Trinajstić information content (AvgIpc) is 2.41. The number of nitro groups is 1. The zero-order chi connectivity index (χ0) is 14.7. The summed E-state index contributed by atoms with van der Waals surface area (Å²) in [6, 6.07) is 4.27. The number of halogens is 1. The first-order chi connectivity index (χ1) is 9.47. The van der Waals surface area contributed by atoms with Crippen LogP contribution in [-0.2, 0) is 0 Å². The highest BCUT2D eigenvalue weighted by Crippen LogP contribution is 2.26. The van der Waals surface area contributed by atoms with Gasteiger partial charge in [0.1, 0.15) is 0 Å². The number of thiocarbonyl (C=S) groups is 1. The number of nitrogens with zero attached hydrogens (tertiary/aromatic N) is 2. The van der Waals surface area contributed by atoms with E-state index in [1.54, 1.807) is 0 Å². The summed E-state index contributed by atoms with van der Waals surface area (Å²) in [6.45, 7) is 3.77. The van der Waals surface area contributed by atoms with Crippen LogP contribution in [0.2, 0.25) is 5.02 Å². The van der Waals surface area contributed by atoms with Gasteiger partial charge in [-0.05, 0) is 18.3 Å². The van der Waals surface area contributed by atoms with Gasteiger partial charge in [-0.3, -0.25) is 10.1 Å². The summed E-state index contributed by atoms with van der Waals surface area (Å²) in [6.07, 6.45) is 0. The Labute approximate surface area is 127 Å². The maximum atomic E-state index is 10.8. The lowest BCUT2D eigenvalue weighted by atomic mass is 10.3. The maximum Gasteiger partial charge on any atom is 0.271 e. The average molecular weight is 316 g/mol. The van der Waals surface area contributed by atoms with Crippen LogP contribution >= 0.6 is 23.8 Å². The van der Waals surface area contributed by atoms with Crippen molar-refractivity contribution < 1.29 is 9.82 Å². The Morgan fingerprint density at radius 3 is 2.75 bits per heavy atom. The number of benzene rings is 1. The Kier molecular flexibility index (Phi) is 4.74. The van der Waals surface area contributed by atoms with Gasteiger partial charge >= 0.3 is 0 Å². The van der Waals surface area contributed by atoms with Crippen LogP contribution in [0.15, 0.2) is 18.2 Å². The number of quaternary nitrogens is 1. The third-order valence-electron chi connectivity index (χ3n) is 3.31. The molecular formula is C12H16ClN4O2S+. The SMILES string of the molecule is C[NH+]1CCN(C(=S)Nc2cc([N+](=O)[O-])ccc2Cl)CC1. The van der Waals surface area contributed by atoms with Crippen molar-refractivity contribution in [3.63, 3.8) is 0 Å². The summed E-state index contributed by atoms with van der Waals surface area (Å²) in [5.41, 5.74) is 0.458. The van der Waals surface area contributed by atoms with Gasteiger partial charge < -0.3 is 15.1 Å². The zero-order valence-electron chi connectivity index (χ0n) is 11.1. The predicted octanol–water partition coefficient (Wildman–Crippen LogP) is 0.775. The number of hydrogen-bond donors (Lipinski definition) is 2. The van der Waals surface area contributed by atoms with Gasteiger partial charge in [0, 0.05) is 12.1 Å². The molecule has 0 amide bonds. The lowest BCUT2D eigenvalue weighted by Gasteiger charge is -2.32. The summed E-state index contributed by atoms with van der Waals surface area (Å²) >= 11 is 11.4. The molecule has 0 bridgehead atoms. The van der Waals surface area contributed by atoms with Gasteiger partial charge in [-0.15, -0.1) is 0 Å². The largest absolute Gasteiger partial charge is 0.338 e. The summed E-state index contributed by atoms with van der Waals surface area (Å²) in [5.74, 6) is 0. The first-order valence-electron chi connectivity index (χ1n) is 6.28. The smallest absolute Gasteiger partial charge is 0.271 e. The molecule has 108 valence electrons. The molecule has 1 aromatic rings. The van der Waals surface area contributed by atoms with Gasteiger partial charge in [0.25, 0.3) is 5.69 Å². The van der Waals surface area contributed by atoms with E-state index in [1.165, 1.54) is 23.1 Å². The first-order valence-corrected chi connectivity index (χ1v) is 7.07. The van der Waals surface area contributed by atoms with E-state index in [0.29, 0.717) is 15.8 Å². The Bertz CT molecular complexity index is 532. The minimum Gasteiger partial charge on any atom is -0.338 e. The molecule has 0 unspecified atom stereocenters. The van der Waals surface area contributed by atoms with E-state index in [1.807, 2.05) is 0 Å². The summed E-state index contributed by atoms with van der Waals surface area (Å²) in [7, 11) is 2.14. The monoisotopic (exact) mass is 315 g/mol. The van der Waals surface area contributed by atoms with Gasteiger partial charge in [0.05, 0.1) is 48.9 Å². The van der Waals surface area contributed by atoms with E-state index >= 15 is 0 Å². The van der Waals surface area contributed by atoms with Gasteiger partial charge in [-0.25, -0.2) is 0 Å². The van der Waals surface area contributed by atoms with Crippen molar-refractivity contribution in [2.75, 3.05) is 38.5 Å². The van der Waals surface area contributed by atoms with Crippen molar-refractivity contribution in [3.8, 4) is 0 Å². The molecule has 1 heterocycles. The molecular weight excluding hydrogens is 300 g/mol. The highest BCUT2D eigenvalue weighted by molar-refractivity contribution is 7.80. The zero-order valence-corrected chi connectivity index (χ0v) is 12.6. The topological polar surface area (TPSA) is 62.8 Å². The van der Waals surface area contributed by atoms with Crippen LogP contribution in [0.1, 0.15) is 0 Å². The second-order valence-corrected chi connectivity index (χ2v) is 5.59. The van der Waals surface area contributed by atoms with Crippen molar-refractivity contribution >= 4 is 40.3 Å². The maximum absolute atomic E-state index is 10.8. The fourth-order valence-corrected chi connectivity index (χ4v) is 2.47. The van der Waals surface area contributed by atoms with Crippen LogP contribution in [0.3, 0.4) is 0 Å². The van der Waals surface area contributed by atoms with Crippen LogP contribution in [-0.4, -0.2) is 48.2 Å². The fourth-order valence-electron chi connectivity index (χ4n) is 2.01. The highest BCUT2D eigenvalue weighted by atomic mass is 35.5. The van der Waals surface area contributed by atoms with Crippen LogP contribution in [0.5, 0.6) is 0 Å². The van der Waals surface area contributed by atoms with Gasteiger partial charge in [-0.1, -0.05) is 11.6 Å². The van der Waals surface area contributed by atoms with E-state index in [0.717, 1.165) is 26.2 Å². The minimum absolute atomic E-state index is 0.0116. The number of hydrogen-bond acceptors (Lipinski definition) is 3. The van der Waals surface area contributed by atoms with E-state index < -0.39 is 4.92 Å². The number of nitro benzene ring substituents is 1. The van der Waals surface area contributed by atoms with Crippen LogP contribution in [0.25, 0.3) is 0 Å². The third kappa shape index (κ3) is 3.56. The molecule has 6 nitrogen and oxygen atoms in total. The van der Waals surface area contributed by atoms with E-state index in [2.05, 4.69) is 17.3 Å². The number of anilines is 1. The number of rotatable bonds is 2. The number of non-ortho nitro benzene ring substituents is 1. The molecule has 20 heavy (non-hydrogen) atoms. The molecule has 1 fully saturated rings. The summed E-state index contributed by atoms with van der Waals surface area (Å²) in [5, 5.41) is 14.7. The molecule has 0 aliphatic carbocycles. The van der Waals surface area contributed by atoms with Gasteiger partial charge in [-0.2, -0.15) is 0 Å². The molecule has 1 aliphatic rings. The van der Waals surface area contributed by atoms with Crippen molar-refractivity contribution in [3.05, 3.63) is 33.3 Å². The number of likely N-dealkylation sites (N-methyl/N-ethyl adjacent to an activating group) is 1. The molecule has 1 saturated heterocycles. The van der Waals surface area contributed by atoms with Crippen LogP contribution < -0.4 is 10.2 Å². The number of piperazine rings is 1. The minimum atomic E-state index is -0.455. The van der Waals surface area contributed by atoms with Crippen molar-refractivity contribution in [2.45, 2.75) is 0 Å². The molecule has 0 spiro atoms. The predicted molar refractivity (Wildman–Crippen MR) is 82.5 cm³/mol. The van der Waals surface area contributed by atoms with Crippen molar-refractivity contribution in [2.24, 2.45) is 0 Å². The van der Waals surface area contributed by atoms with Gasteiger partial charge in [0.2, 0.25) is 0 Å². The van der Waals surface area contributed by atoms with Crippen LogP contribution in [0.4, 0.5) is 11.4 Å². The Morgan fingerprint density at radius 2 is 2.15 bits per heavy atom. The normalized spacial score (nSPS) is 16.0. The van der Waals surface area contributed by atoms with Crippen LogP contribution in [0, 0.1) is 10.1 Å². The molecule has 0 saturated carbocycles. The molecule has 1 aromatic carbocycles. The molecule has 0 radical (unpaired) electrons. The van der Waals surface area contributed by atoms with E-state index in [-0.39, 0.29) is 5.69 Å². The molecule has 8 heteroatoms. The van der Waals surface area contributed by atoms with E-state index in [9.17, 15) is 10.1 Å². The Balaban J connectivity index is 2.07. The quantitative estimate of drug-likeness (QED) is 0.480. The molecule has 0 aromatic heterocycles. The molecule has 1 aliphatic heterocycles. The third-order valence-corrected chi connectivity index (χ3v) is 4.00.